The highest BCUT2D eigenvalue weighted by molar-refractivity contribution is 7.85. The molecule has 7 heteroatoms. The molecule has 0 saturated heterocycles. The Morgan fingerprint density at radius 2 is 2.04 bits per heavy atom. The Labute approximate surface area is 166 Å². The molecule has 4 atom stereocenters. The van der Waals surface area contributed by atoms with Crippen LogP contribution in [0, 0.1) is 17.3 Å². The molecule has 0 aromatic heterocycles. The lowest BCUT2D eigenvalue weighted by molar-refractivity contribution is -0.131. The number of amides is 1. The van der Waals surface area contributed by atoms with Crippen LogP contribution in [0.4, 0.5) is 0 Å². The van der Waals surface area contributed by atoms with Gasteiger partial charge in [-0.25, -0.2) is 4.72 Å². The zero-order valence-electron chi connectivity index (χ0n) is 16.4. The van der Waals surface area contributed by atoms with E-state index in [0.29, 0.717) is 23.5 Å². The molecule has 0 spiro atoms. The number of nitrogens with one attached hydrogen (secondary N) is 1. The molecule has 0 aliphatic heterocycles. The highest BCUT2D eigenvalue weighted by Crippen LogP contribution is 2.61. The molecule has 152 valence electrons. The molecular formula is C21H27NO5S. The predicted octanol–water partition coefficient (Wildman–Crippen LogP) is 3.26. The molecule has 3 aliphatic carbocycles. The van der Waals surface area contributed by atoms with Gasteiger partial charge in [0.15, 0.2) is 0 Å². The van der Waals surface area contributed by atoms with Gasteiger partial charge in [0.1, 0.15) is 11.5 Å². The van der Waals surface area contributed by atoms with Crippen LogP contribution in [-0.2, 0) is 26.3 Å². The fourth-order valence-electron chi connectivity index (χ4n) is 6.16. The number of hydrogen-bond donors (Lipinski definition) is 1. The number of carbonyl (C=O) groups excluding carboxylic acids is 2. The van der Waals surface area contributed by atoms with Crippen molar-refractivity contribution in [3.05, 3.63) is 29.3 Å². The first-order valence-electron chi connectivity index (χ1n) is 10.1. The lowest BCUT2D eigenvalue weighted by Gasteiger charge is -2.49. The van der Waals surface area contributed by atoms with E-state index in [4.69, 9.17) is 4.18 Å². The fraction of sp³-hybridized carbons (Fsp3) is 0.619. The summed E-state index contributed by atoms with van der Waals surface area (Å²) in [6.07, 6.45) is 6.54. The highest BCUT2D eigenvalue weighted by atomic mass is 32.2. The van der Waals surface area contributed by atoms with Gasteiger partial charge in [0.2, 0.25) is 5.91 Å². The van der Waals surface area contributed by atoms with Gasteiger partial charge in [0, 0.05) is 18.8 Å². The van der Waals surface area contributed by atoms with Crippen molar-refractivity contribution in [1.82, 2.24) is 4.72 Å². The van der Waals surface area contributed by atoms with Crippen molar-refractivity contribution in [1.29, 1.82) is 0 Å². The molecule has 1 amide bonds. The van der Waals surface area contributed by atoms with Crippen LogP contribution in [0.1, 0.15) is 69.4 Å². The number of ketones is 1. The Kier molecular flexibility index (Phi) is 4.76. The topological polar surface area (TPSA) is 89.5 Å². The van der Waals surface area contributed by atoms with Crippen molar-refractivity contribution >= 4 is 22.0 Å². The van der Waals surface area contributed by atoms with Crippen LogP contribution in [-0.4, -0.2) is 20.1 Å². The summed E-state index contributed by atoms with van der Waals surface area (Å²) in [5.74, 6) is 1.45. The third kappa shape index (κ3) is 3.13. The summed E-state index contributed by atoms with van der Waals surface area (Å²) in [5.41, 5.74) is 2.28. The van der Waals surface area contributed by atoms with Crippen LogP contribution in [0.25, 0.3) is 0 Å². The average Bonchev–Trinajstić information content (AvgIpc) is 2.97. The Morgan fingerprint density at radius 3 is 2.75 bits per heavy atom. The first kappa shape index (κ1) is 19.4. The number of carbonyl (C=O) groups is 2. The number of benzene rings is 1. The van der Waals surface area contributed by atoms with Gasteiger partial charge >= 0.3 is 10.3 Å². The summed E-state index contributed by atoms with van der Waals surface area (Å²) in [6.45, 7) is 3.29. The Balaban J connectivity index is 1.58. The summed E-state index contributed by atoms with van der Waals surface area (Å²) < 4.78 is 30.5. The maximum atomic E-state index is 12.6. The monoisotopic (exact) mass is 405 g/mol. The van der Waals surface area contributed by atoms with E-state index in [2.05, 4.69) is 6.92 Å². The molecule has 0 bridgehead atoms. The van der Waals surface area contributed by atoms with E-state index < -0.39 is 16.2 Å². The molecule has 0 heterocycles. The molecule has 0 unspecified atom stereocenters. The van der Waals surface area contributed by atoms with E-state index in [1.807, 2.05) is 10.8 Å². The van der Waals surface area contributed by atoms with Gasteiger partial charge in [-0.2, -0.15) is 8.42 Å². The van der Waals surface area contributed by atoms with Crippen molar-refractivity contribution < 1.29 is 22.2 Å². The van der Waals surface area contributed by atoms with Crippen LogP contribution in [0.5, 0.6) is 5.75 Å². The minimum atomic E-state index is -4.15. The van der Waals surface area contributed by atoms with E-state index in [1.165, 1.54) is 5.56 Å². The summed E-state index contributed by atoms with van der Waals surface area (Å²) in [7, 11) is -4.15. The van der Waals surface area contributed by atoms with Gasteiger partial charge in [-0.15, -0.1) is 0 Å². The van der Waals surface area contributed by atoms with Gasteiger partial charge in [-0.3, -0.25) is 9.59 Å². The zero-order chi connectivity index (χ0) is 20.1. The van der Waals surface area contributed by atoms with Crippen LogP contribution >= 0.6 is 0 Å². The van der Waals surface area contributed by atoms with Gasteiger partial charge in [-0.1, -0.05) is 13.0 Å². The third-order valence-corrected chi connectivity index (χ3v) is 8.20. The summed E-state index contributed by atoms with van der Waals surface area (Å²) in [5, 5.41) is 0. The number of Topliss-reactive ketones (excluding diaryl/α,β-unsaturated/α-hetero) is 1. The van der Waals surface area contributed by atoms with E-state index in [9.17, 15) is 18.0 Å². The molecule has 0 radical (unpaired) electrons. The highest BCUT2D eigenvalue weighted by Gasteiger charge is 2.56. The fourth-order valence-corrected chi connectivity index (χ4v) is 6.91. The predicted molar refractivity (Wildman–Crippen MR) is 104 cm³/mol. The van der Waals surface area contributed by atoms with Gasteiger partial charge < -0.3 is 4.18 Å². The van der Waals surface area contributed by atoms with Crippen molar-refractivity contribution in [2.45, 2.75) is 64.7 Å². The zero-order valence-corrected chi connectivity index (χ0v) is 17.2. The third-order valence-electron chi connectivity index (χ3n) is 7.25. The van der Waals surface area contributed by atoms with Crippen LogP contribution in [0.15, 0.2) is 18.2 Å². The van der Waals surface area contributed by atoms with Crippen molar-refractivity contribution in [2.24, 2.45) is 17.3 Å². The summed E-state index contributed by atoms with van der Waals surface area (Å²) in [4.78, 5) is 23.6. The van der Waals surface area contributed by atoms with E-state index >= 15 is 0 Å². The molecular weight excluding hydrogens is 378 g/mol. The summed E-state index contributed by atoms with van der Waals surface area (Å²) >= 11 is 0. The Bertz CT molecular complexity index is 925. The maximum Gasteiger partial charge on any atom is 0.409 e. The first-order chi connectivity index (χ1) is 13.3. The Hall–Kier alpha value is -1.89. The van der Waals surface area contributed by atoms with Gasteiger partial charge in [0.25, 0.3) is 0 Å². The quantitative estimate of drug-likeness (QED) is 0.830. The normalized spacial score (nSPS) is 31.5. The number of rotatable bonds is 4. The standard InChI is InChI=1S/C21H27NO5S/c1-3-21-11-10-17-16-7-5-15(27-28(25,26)22-13(2)23)12-14(16)4-6-18(17)19(21)8-9-20(21)24/h5,7,12,17-19H,3-4,6,8-11H2,1-2H3,(H,22,23)/t17-,18-,19+,21+/m1/s1. The minimum absolute atomic E-state index is 0.103. The van der Waals surface area contributed by atoms with Gasteiger partial charge in [0.05, 0.1) is 0 Å². The maximum absolute atomic E-state index is 12.6. The van der Waals surface area contributed by atoms with Crippen molar-refractivity contribution in [2.75, 3.05) is 0 Å². The van der Waals surface area contributed by atoms with Crippen molar-refractivity contribution in [3.8, 4) is 5.75 Å². The molecule has 4 rings (SSSR count). The molecule has 1 aromatic rings. The molecule has 2 saturated carbocycles. The van der Waals surface area contributed by atoms with Crippen LogP contribution in [0.2, 0.25) is 0 Å². The largest absolute Gasteiger partial charge is 0.409 e. The molecule has 28 heavy (non-hydrogen) atoms. The second-order valence-corrected chi connectivity index (χ2v) is 9.76. The lowest BCUT2D eigenvalue weighted by atomic mass is 9.54. The van der Waals surface area contributed by atoms with E-state index in [-0.39, 0.29) is 11.2 Å². The van der Waals surface area contributed by atoms with E-state index in [0.717, 1.165) is 57.4 Å². The van der Waals surface area contributed by atoms with Crippen molar-refractivity contribution in [3.63, 3.8) is 0 Å². The second kappa shape index (κ2) is 6.87. The lowest BCUT2D eigenvalue weighted by Crippen LogP contribution is -2.44. The Morgan fingerprint density at radius 1 is 1.25 bits per heavy atom. The first-order valence-corrected chi connectivity index (χ1v) is 11.6. The van der Waals surface area contributed by atoms with Crippen LogP contribution in [0.3, 0.4) is 0 Å². The smallest absolute Gasteiger partial charge is 0.367 e. The average molecular weight is 406 g/mol. The number of aryl methyl sites for hydroxylation is 1. The number of hydrogen-bond acceptors (Lipinski definition) is 5. The SMILES string of the molecule is CC[C@]12CC[C@@H]3c4ccc(OS(=O)(=O)NC(C)=O)cc4CC[C@H]3[C@@H]1CCC2=O. The molecule has 1 N–H and O–H groups in total. The second-order valence-electron chi connectivity index (χ2n) is 8.48. The molecule has 1 aromatic carbocycles. The van der Waals surface area contributed by atoms with Crippen LogP contribution < -0.4 is 8.91 Å². The minimum Gasteiger partial charge on any atom is -0.367 e. The number of fused-ring (bicyclic) bond motifs is 5. The molecule has 3 aliphatic rings. The molecule has 2 fully saturated rings. The van der Waals surface area contributed by atoms with Gasteiger partial charge in [-0.05, 0) is 79.5 Å². The molecule has 6 nitrogen and oxygen atoms in total. The summed E-state index contributed by atoms with van der Waals surface area (Å²) in [6, 6.07) is 5.43. The van der Waals surface area contributed by atoms with E-state index in [1.54, 1.807) is 12.1 Å².